The third-order valence-electron chi connectivity index (χ3n) is 6.18. The largest absolute Gasteiger partial charge is 0.392 e. The molecule has 2 aromatic rings. The first-order chi connectivity index (χ1) is 11.0. The highest BCUT2D eigenvalue weighted by Crippen LogP contribution is 2.54. The Bertz CT molecular complexity index is 751. The molecule has 0 amide bonds. The van der Waals surface area contributed by atoms with Gasteiger partial charge in [0.15, 0.2) is 0 Å². The number of para-hydroxylation sites is 1. The summed E-state index contributed by atoms with van der Waals surface area (Å²) < 4.78 is 0. The van der Waals surface area contributed by atoms with Crippen molar-refractivity contribution in [1.82, 2.24) is 14.8 Å². The van der Waals surface area contributed by atoms with Gasteiger partial charge in [-0.2, -0.15) is 0 Å². The average molecular weight is 309 g/mol. The quantitative estimate of drug-likeness (QED) is 0.877. The number of rotatable bonds is 1. The Morgan fingerprint density at radius 3 is 2.30 bits per heavy atom. The smallest absolute Gasteiger partial charge is 0.0902 e. The van der Waals surface area contributed by atoms with Crippen LogP contribution in [0.15, 0.2) is 36.5 Å². The van der Waals surface area contributed by atoms with Gasteiger partial charge < -0.3 is 5.11 Å². The molecule has 0 atom stereocenters. The fraction of sp³-hybridized carbons (Fsp3) is 0.526. The van der Waals surface area contributed by atoms with Crippen LogP contribution >= 0.6 is 0 Å². The van der Waals surface area contributed by atoms with Gasteiger partial charge in [0.2, 0.25) is 0 Å². The van der Waals surface area contributed by atoms with Crippen molar-refractivity contribution >= 4 is 10.9 Å². The molecule has 4 fully saturated rings. The normalized spacial score (nSPS) is 44.8. The molecule has 0 aliphatic carbocycles. The zero-order valence-electron chi connectivity index (χ0n) is 13.7. The molecule has 0 saturated carbocycles. The topological polar surface area (TPSA) is 39.6 Å². The highest BCUT2D eigenvalue weighted by molar-refractivity contribution is 5.78. The first-order valence-electron chi connectivity index (χ1n) is 8.49. The summed E-state index contributed by atoms with van der Waals surface area (Å²) in [5, 5.41) is 12.0. The Hall–Kier alpha value is -1.49. The molecule has 1 aromatic carbocycles. The molecular formula is C19H23N3O. The molecule has 1 N–H and O–H groups in total. The summed E-state index contributed by atoms with van der Waals surface area (Å²) >= 11 is 0. The number of hydrogen-bond donors (Lipinski definition) is 1. The van der Waals surface area contributed by atoms with Crippen LogP contribution in [0.5, 0.6) is 0 Å². The summed E-state index contributed by atoms with van der Waals surface area (Å²) in [5.41, 5.74) is 2.32. The SMILES string of the molecule is CC12CN3CC(C)(CN(C1)C3c1cnc3ccccc3c1)C2O. The van der Waals surface area contributed by atoms with Crippen molar-refractivity contribution < 1.29 is 5.11 Å². The minimum absolute atomic E-state index is 0.00791. The predicted molar refractivity (Wildman–Crippen MR) is 89.9 cm³/mol. The summed E-state index contributed by atoms with van der Waals surface area (Å²) in [4.78, 5) is 9.76. The lowest BCUT2D eigenvalue weighted by atomic mass is 9.60. The minimum atomic E-state index is -0.196. The van der Waals surface area contributed by atoms with Crippen molar-refractivity contribution in [3.63, 3.8) is 0 Å². The molecule has 4 aliphatic heterocycles. The Labute approximate surface area is 136 Å². The fourth-order valence-corrected chi connectivity index (χ4v) is 5.48. The molecule has 1 aromatic heterocycles. The number of aromatic nitrogens is 1. The van der Waals surface area contributed by atoms with Crippen molar-refractivity contribution in [2.24, 2.45) is 10.8 Å². The van der Waals surface area contributed by atoms with Crippen LogP contribution in [0, 0.1) is 10.8 Å². The molecule has 0 radical (unpaired) electrons. The maximum atomic E-state index is 10.8. The van der Waals surface area contributed by atoms with Gasteiger partial charge in [0.05, 0.1) is 17.8 Å². The monoisotopic (exact) mass is 309 g/mol. The zero-order chi connectivity index (χ0) is 15.8. The molecule has 0 spiro atoms. The molecule has 4 nitrogen and oxygen atoms in total. The zero-order valence-corrected chi connectivity index (χ0v) is 13.7. The van der Waals surface area contributed by atoms with Crippen LogP contribution < -0.4 is 0 Å². The molecule has 4 saturated heterocycles. The average Bonchev–Trinajstić information content (AvgIpc) is 2.51. The van der Waals surface area contributed by atoms with Crippen molar-refractivity contribution in [3.05, 3.63) is 42.1 Å². The Balaban J connectivity index is 1.57. The molecule has 120 valence electrons. The van der Waals surface area contributed by atoms with E-state index in [0.717, 1.165) is 31.7 Å². The molecule has 23 heavy (non-hydrogen) atoms. The van der Waals surface area contributed by atoms with E-state index in [9.17, 15) is 5.11 Å². The molecule has 4 bridgehead atoms. The van der Waals surface area contributed by atoms with Crippen molar-refractivity contribution in [3.8, 4) is 0 Å². The van der Waals surface area contributed by atoms with Crippen LogP contribution in [-0.2, 0) is 0 Å². The van der Waals surface area contributed by atoms with Gasteiger partial charge in [-0.15, -0.1) is 0 Å². The van der Waals surface area contributed by atoms with Gasteiger partial charge >= 0.3 is 0 Å². The Morgan fingerprint density at radius 2 is 1.65 bits per heavy atom. The van der Waals surface area contributed by atoms with Gasteiger partial charge in [0.1, 0.15) is 0 Å². The second-order valence-corrected chi connectivity index (χ2v) is 8.36. The number of fused-ring (bicyclic) bond motifs is 1. The van der Waals surface area contributed by atoms with E-state index in [1.807, 2.05) is 12.3 Å². The number of piperidine rings is 2. The summed E-state index contributed by atoms with van der Waals surface area (Å²) in [5.74, 6) is 0. The van der Waals surface area contributed by atoms with Gasteiger partial charge in [-0.1, -0.05) is 32.0 Å². The first-order valence-corrected chi connectivity index (χ1v) is 8.49. The van der Waals surface area contributed by atoms with E-state index < -0.39 is 0 Å². The van der Waals surface area contributed by atoms with Crippen LogP contribution in [0.4, 0.5) is 0 Å². The van der Waals surface area contributed by atoms with Crippen LogP contribution in [-0.4, -0.2) is 52.2 Å². The van der Waals surface area contributed by atoms with Gasteiger partial charge in [-0.25, -0.2) is 0 Å². The van der Waals surface area contributed by atoms with Gasteiger partial charge in [0, 0.05) is 54.2 Å². The Kier molecular flexibility index (Phi) is 2.61. The second kappa shape index (κ2) is 4.32. The Morgan fingerprint density at radius 1 is 1.04 bits per heavy atom. The lowest BCUT2D eigenvalue weighted by Gasteiger charge is -2.68. The van der Waals surface area contributed by atoms with Crippen molar-refractivity contribution in [2.75, 3.05) is 26.2 Å². The highest BCUT2D eigenvalue weighted by Gasteiger charge is 2.61. The fourth-order valence-electron chi connectivity index (χ4n) is 5.48. The van der Waals surface area contributed by atoms with E-state index in [4.69, 9.17) is 0 Å². The lowest BCUT2D eigenvalue weighted by Crippen LogP contribution is -2.76. The van der Waals surface area contributed by atoms with E-state index >= 15 is 0 Å². The molecule has 6 rings (SSSR count). The van der Waals surface area contributed by atoms with Crippen LogP contribution in [0.1, 0.15) is 25.6 Å². The van der Waals surface area contributed by atoms with Gasteiger partial charge in [-0.3, -0.25) is 14.8 Å². The first kappa shape index (κ1) is 13.9. The van der Waals surface area contributed by atoms with E-state index in [2.05, 4.69) is 52.9 Å². The number of pyridine rings is 1. The lowest BCUT2D eigenvalue weighted by molar-refractivity contribution is -0.253. The maximum Gasteiger partial charge on any atom is 0.0902 e. The second-order valence-electron chi connectivity index (χ2n) is 8.36. The highest BCUT2D eigenvalue weighted by atomic mass is 16.3. The van der Waals surface area contributed by atoms with E-state index in [0.29, 0.717) is 6.17 Å². The number of nitrogens with zero attached hydrogens (tertiary/aromatic N) is 3. The number of aliphatic hydroxyl groups excluding tert-OH is 1. The summed E-state index contributed by atoms with van der Waals surface area (Å²) in [6, 6.07) is 10.6. The maximum absolute atomic E-state index is 10.8. The molecule has 5 heterocycles. The summed E-state index contributed by atoms with van der Waals surface area (Å²) in [7, 11) is 0. The molecule has 4 heteroatoms. The van der Waals surface area contributed by atoms with Crippen LogP contribution in [0.25, 0.3) is 10.9 Å². The van der Waals surface area contributed by atoms with E-state index in [1.165, 1.54) is 10.9 Å². The van der Waals surface area contributed by atoms with E-state index in [1.54, 1.807) is 0 Å². The third-order valence-corrected chi connectivity index (χ3v) is 6.18. The molecular weight excluding hydrogens is 286 g/mol. The predicted octanol–water partition coefficient (Wildman–Crippen LogP) is 2.25. The van der Waals surface area contributed by atoms with Crippen LogP contribution in [0.3, 0.4) is 0 Å². The molecule has 4 aliphatic rings. The molecule has 0 unspecified atom stereocenters. The van der Waals surface area contributed by atoms with Gasteiger partial charge in [0.25, 0.3) is 0 Å². The minimum Gasteiger partial charge on any atom is -0.392 e. The van der Waals surface area contributed by atoms with Gasteiger partial charge in [-0.05, 0) is 12.1 Å². The van der Waals surface area contributed by atoms with Crippen molar-refractivity contribution in [2.45, 2.75) is 26.1 Å². The number of aliphatic hydroxyl groups is 1. The summed E-state index contributed by atoms with van der Waals surface area (Å²) in [6.45, 7) is 8.36. The van der Waals surface area contributed by atoms with E-state index in [-0.39, 0.29) is 16.9 Å². The third kappa shape index (κ3) is 1.80. The van der Waals surface area contributed by atoms with Crippen molar-refractivity contribution in [1.29, 1.82) is 0 Å². The summed E-state index contributed by atoms with van der Waals surface area (Å²) in [6.07, 6.45) is 2.15. The number of benzene rings is 1. The standard InChI is InChI=1S/C19H23N3O/c1-18-9-21-11-19(2,17(18)23)12-22(10-18)16(21)14-7-13-5-3-4-6-15(13)20-8-14/h3-8,16-17,23H,9-12H2,1-2H3. The number of hydrogen-bond acceptors (Lipinski definition) is 4. The van der Waals surface area contributed by atoms with Crippen LogP contribution in [0.2, 0.25) is 0 Å².